The summed E-state index contributed by atoms with van der Waals surface area (Å²) in [5, 5.41) is 8.25. The van der Waals surface area contributed by atoms with Crippen LogP contribution in [0, 0.1) is 4.77 Å². The Labute approximate surface area is 201 Å². The van der Waals surface area contributed by atoms with E-state index in [1.165, 1.54) is 0 Å². The maximum atomic E-state index is 13.4. The van der Waals surface area contributed by atoms with Gasteiger partial charge in [-0.1, -0.05) is 23.2 Å². The lowest BCUT2D eigenvalue weighted by atomic mass is 9.95. The second kappa shape index (κ2) is 8.80. The molecule has 1 aliphatic carbocycles. The Morgan fingerprint density at radius 1 is 1.06 bits per heavy atom. The Kier molecular flexibility index (Phi) is 6.03. The van der Waals surface area contributed by atoms with Crippen LogP contribution in [0.3, 0.4) is 0 Å². The summed E-state index contributed by atoms with van der Waals surface area (Å²) in [5.41, 5.74) is 0.348. The highest BCUT2D eigenvalue weighted by molar-refractivity contribution is 7.71. The lowest BCUT2D eigenvalue weighted by Gasteiger charge is -2.35. The fourth-order valence-corrected chi connectivity index (χ4v) is 5.60. The quantitative estimate of drug-likeness (QED) is 0.631. The van der Waals surface area contributed by atoms with Gasteiger partial charge in [0.2, 0.25) is 5.91 Å². The van der Waals surface area contributed by atoms with Gasteiger partial charge in [-0.15, -0.1) is 0 Å². The zero-order valence-corrected chi connectivity index (χ0v) is 19.9. The average Bonchev–Trinajstić information content (AvgIpc) is 3.37. The molecule has 1 N–H and O–H groups in total. The first kappa shape index (κ1) is 21.9. The zero-order valence-electron chi connectivity index (χ0n) is 17.6. The van der Waals surface area contributed by atoms with Crippen molar-refractivity contribution in [3.8, 4) is 0 Å². The van der Waals surface area contributed by atoms with Crippen LogP contribution in [0.5, 0.6) is 0 Å². The van der Waals surface area contributed by atoms with Crippen molar-refractivity contribution in [3.63, 3.8) is 0 Å². The molecule has 1 aromatic carbocycles. The van der Waals surface area contributed by atoms with Gasteiger partial charge in [0.1, 0.15) is 11.9 Å². The fourth-order valence-electron chi connectivity index (χ4n) is 4.94. The van der Waals surface area contributed by atoms with Crippen LogP contribution in [0.15, 0.2) is 18.2 Å². The molecule has 170 valence electrons. The SMILES string of the molecule is O=C(C1CCCN1C(=O)c1cc(Cl)ccc1Cl)N1CCC(c2n[nH]c(=S)n2C2CC2)CC1. The van der Waals surface area contributed by atoms with E-state index in [9.17, 15) is 9.59 Å². The van der Waals surface area contributed by atoms with E-state index in [0.717, 1.165) is 37.9 Å². The zero-order chi connectivity index (χ0) is 22.4. The van der Waals surface area contributed by atoms with Crippen LogP contribution in [-0.2, 0) is 4.79 Å². The lowest BCUT2D eigenvalue weighted by Crippen LogP contribution is -2.50. The van der Waals surface area contributed by atoms with Crippen LogP contribution in [0.25, 0.3) is 0 Å². The van der Waals surface area contributed by atoms with E-state index in [1.807, 2.05) is 4.90 Å². The molecule has 32 heavy (non-hydrogen) atoms. The molecule has 2 aromatic rings. The molecule has 10 heteroatoms. The molecular weight excluding hydrogens is 469 g/mol. The van der Waals surface area contributed by atoms with Gasteiger partial charge in [0.25, 0.3) is 5.91 Å². The first-order chi connectivity index (χ1) is 15.4. The van der Waals surface area contributed by atoms with Crippen molar-refractivity contribution in [2.24, 2.45) is 0 Å². The van der Waals surface area contributed by atoms with Crippen LogP contribution >= 0.6 is 35.4 Å². The van der Waals surface area contributed by atoms with Gasteiger partial charge in [-0.25, -0.2) is 0 Å². The number of likely N-dealkylation sites (tertiary alicyclic amines) is 2. The monoisotopic (exact) mass is 493 g/mol. The van der Waals surface area contributed by atoms with Gasteiger partial charge < -0.3 is 14.4 Å². The molecule has 3 heterocycles. The van der Waals surface area contributed by atoms with E-state index in [1.54, 1.807) is 23.1 Å². The van der Waals surface area contributed by atoms with E-state index >= 15 is 0 Å². The van der Waals surface area contributed by atoms with Gasteiger partial charge in [0.05, 0.1) is 10.6 Å². The number of aromatic amines is 1. The topological polar surface area (TPSA) is 74.2 Å². The molecule has 3 fully saturated rings. The molecule has 2 aliphatic heterocycles. The molecule has 3 aliphatic rings. The highest BCUT2D eigenvalue weighted by Gasteiger charge is 2.39. The van der Waals surface area contributed by atoms with Crippen LogP contribution in [0.2, 0.25) is 10.0 Å². The highest BCUT2D eigenvalue weighted by atomic mass is 35.5. The third-order valence-corrected chi connectivity index (χ3v) is 7.63. The number of rotatable bonds is 4. The third-order valence-electron chi connectivity index (χ3n) is 6.77. The summed E-state index contributed by atoms with van der Waals surface area (Å²) in [4.78, 5) is 30.1. The smallest absolute Gasteiger partial charge is 0.256 e. The number of amides is 2. The number of piperidine rings is 1. The maximum Gasteiger partial charge on any atom is 0.256 e. The molecule has 1 atom stereocenters. The summed E-state index contributed by atoms with van der Waals surface area (Å²) in [7, 11) is 0. The number of carbonyl (C=O) groups is 2. The minimum Gasteiger partial charge on any atom is -0.341 e. The lowest BCUT2D eigenvalue weighted by molar-refractivity contribution is -0.136. The normalized spacial score (nSPS) is 21.9. The van der Waals surface area contributed by atoms with Crippen LogP contribution in [0.4, 0.5) is 0 Å². The van der Waals surface area contributed by atoms with E-state index in [2.05, 4.69) is 14.8 Å². The number of nitrogens with one attached hydrogen (secondary N) is 1. The van der Waals surface area contributed by atoms with E-state index in [4.69, 9.17) is 35.4 Å². The van der Waals surface area contributed by atoms with E-state index < -0.39 is 6.04 Å². The van der Waals surface area contributed by atoms with Crippen molar-refractivity contribution in [1.29, 1.82) is 0 Å². The molecular formula is C22H25Cl2N5O2S. The first-order valence-electron chi connectivity index (χ1n) is 11.2. The third kappa shape index (κ3) is 4.08. The highest BCUT2D eigenvalue weighted by Crippen LogP contribution is 2.39. The van der Waals surface area contributed by atoms with Crippen LogP contribution in [-0.4, -0.2) is 62.1 Å². The number of hydrogen-bond acceptors (Lipinski definition) is 4. The Morgan fingerprint density at radius 2 is 1.81 bits per heavy atom. The van der Waals surface area contributed by atoms with Crippen molar-refractivity contribution < 1.29 is 9.59 Å². The first-order valence-corrected chi connectivity index (χ1v) is 12.3. The summed E-state index contributed by atoms with van der Waals surface area (Å²) in [6.45, 7) is 1.86. The molecule has 2 amide bonds. The maximum absolute atomic E-state index is 13.4. The second-order valence-corrected chi connectivity index (χ2v) is 10.1. The molecule has 1 aromatic heterocycles. The largest absolute Gasteiger partial charge is 0.341 e. The minimum absolute atomic E-state index is 0.0218. The van der Waals surface area contributed by atoms with Crippen molar-refractivity contribution in [2.45, 2.75) is 56.5 Å². The molecule has 0 radical (unpaired) electrons. The van der Waals surface area contributed by atoms with Crippen LogP contribution < -0.4 is 0 Å². The number of aromatic nitrogens is 3. The number of nitrogens with zero attached hydrogens (tertiary/aromatic N) is 4. The predicted octanol–water partition coefficient (Wildman–Crippen LogP) is 4.59. The molecule has 7 nitrogen and oxygen atoms in total. The number of hydrogen-bond donors (Lipinski definition) is 1. The standard InChI is InChI=1S/C22H25Cl2N5O2S/c23-14-3-6-17(24)16(12-14)20(30)28-9-1-2-18(28)21(31)27-10-7-13(8-11-27)19-25-26-22(32)29(19)15-4-5-15/h3,6,12-13,15,18H,1-2,4-5,7-11H2,(H,26,32). The Bertz CT molecular complexity index is 1100. The van der Waals surface area contributed by atoms with Gasteiger partial charge in [-0.05, 0) is 68.9 Å². The van der Waals surface area contributed by atoms with Gasteiger partial charge in [0, 0.05) is 36.6 Å². The molecule has 0 spiro atoms. The molecule has 5 rings (SSSR count). The molecule has 1 saturated carbocycles. The van der Waals surface area contributed by atoms with Crippen molar-refractivity contribution in [1.82, 2.24) is 24.6 Å². The predicted molar refractivity (Wildman–Crippen MR) is 125 cm³/mol. The van der Waals surface area contributed by atoms with Crippen molar-refractivity contribution >= 4 is 47.2 Å². The number of H-pyrrole nitrogens is 1. The van der Waals surface area contributed by atoms with Gasteiger partial charge in [-0.2, -0.15) is 5.10 Å². The van der Waals surface area contributed by atoms with E-state index in [-0.39, 0.29) is 11.8 Å². The van der Waals surface area contributed by atoms with Gasteiger partial charge >= 0.3 is 0 Å². The number of carbonyl (C=O) groups excluding carboxylic acids is 2. The summed E-state index contributed by atoms with van der Waals surface area (Å²) >= 11 is 17.7. The summed E-state index contributed by atoms with van der Waals surface area (Å²) in [6, 6.07) is 4.87. The summed E-state index contributed by atoms with van der Waals surface area (Å²) in [5.74, 6) is 1.11. The van der Waals surface area contributed by atoms with Crippen molar-refractivity contribution in [3.05, 3.63) is 44.4 Å². The van der Waals surface area contributed by atoms with Gasteiger partial charge in [0.15, 0.2) is 4.77 Å². The Balaban J connectivity index is 1.26. The fraction of sp³-hybridized carbons (Fsp3) is 0.545. The number of benzene rings is 1. The molecule has 1 unspecified atom stereocenters. The summed E-state index contributed by atoms with van der Waals surface area (Å²) < 4.78 is 2.87. The number of halogens is 2. The molecule has 2 saturated heterocycles. The molecule has 0 bridgehead atoms. The van der Waals surface area contributed by atoms with Crippen LogP contribution in [0.1, 0.15) is 66.7 Å². The second-order valence-electron chi connectivity index (χ2n) is 8.87. The minimum atomic E-state index is -0.449. The average molecular weight is 494 g/mol. The summed E-state index contributed by atoms with van der Waals surface area (Å²) in [6.07, 6.45) is 5.47. The van der Waals surface area contributed by atoms with E-state index in [0.29, 0.717) is 58.4 Å². The Hall–Kier alpha value is -1.90. The Morgan fingerprint density at radius 3 is 2.53 bits per heavy atom. The van der Waals surface area contributed by atoms with Crippen molar-refractivity contribution in [2.75, 3.05) is 19.6 Å². The van der Waals surface area contributed by atoms with Gasteiger partial charge in [-0.3, -0.25) is 14.7 Å².